The van der Waals surface area contributed by atoms with E-state index in [-0.39, 0.29) is 11.2 Å². The first-order chi connectivity index (χ1) is 10.9. The largest absolute Gasteiger partial charge is 0.497 e. The standard InChI is InChI=1S/C15H11F3N2O3/c1-22-9-4-5-11-10(7-9)13(12-3-2-6-23-12)19-14(21)20(11)8-15(16,17)18/h2-7H,8H2,1H3. The number of hydrogen-bond donors (Lipinski definition) is 0. The van der Waals surface area contributed by atoms with Crippen LogP contribution in [0.25, 0.3) is 22.4 Å². The molecule has 0 aliphatic rings. The van der Waals surface area contributed by atoms with Crippen LogP contribution >= 0.6 is 0 Å². The van der Waals surface area contributed by atoms with Gasteiger partial charge in [-0.3, -0.25) is 4.57 Å². The number of halogens is 3. The summed E-state index contributed by atoms with van der Waals surface area (Å²) in [4.78, 5) is 15.8. The molecule has 0 fully saturated rings. The summed E-state index contributed by atoms with van der Waals surface area (Å²) in [6.07, 6.45) is -3.14. The zero-order valence-corrected chi connectivity index (χ0v) is 11.9. The number of aromatic nitrogens is 2. The van der Waals surface area contributed by atoms with Gasteiger partial charge in [0.25, 0.3) is 0 Å². The van der Waals surface area contributed by atoms with Crippen molar-refractivity contribution < 1.29 is 22.3 Å². The van der Waals surface area contributed by atoms with E-state index in [2.05, 4.69) is 4.98 Å². The van der Waals surface area contributed by atoms with Gasteiger partial charge >= 0.3 is 11.9 Å². The Morgan fingerprint density at radius 3 is 2.70 bits per heavy atom. The van der Waals surface area contributed by atoms with E-state index in [4.69, 9.17) is 9.15 Å². The Morgan fingerprint density at radius 1 is 1.30 bits per heavy atom. The molecule has 0 atom stereocenters. The summed E-state index contributed by atoms with van der Waals surface area (Å²) >= 11 is 0. The van der Waals surface area contributed by atoms with E-state index < -0.39 is 18.4 Å². The lowest BCUT2D eigenvalue weighted by Gasteiger charge is -2.14. The van der Waals surface area contributed by atoms with E-state index >= 15 is 0 Å². The van der Waals surface area contributed by atoms with Crippen molar-refractivity contribution in [1.29, 1.82) is 0 Å². The zero-order chi connectivity index (χ0) is 16.6. The molecule has 8 heteroatoms. The molecule has 23 heavy (non-hydrogen) atoms. The van der Waals surface area contributed by atoms with Crippen molar-refractivity contribution in [2.24, 2.45) is 0 Å². The molecule has 1 aromatic carbocycles. The minimum atomic E-state index is -4.54. The van der Waals surface area contributed by atoms with Gasteiger partial charge in [0.15, 0.2) is 5.76 Å². The van der Waals surface area contributed by atoms with Gasteiger partial charge in [0, 0.05) is 5.39 Å². The van der Waals surface area contributed by atoms with Crippen LogP contribution in [0.1, 0.15) is 0 Å². The molecule has 0 amide bonds. The maximum absolute atomic E-state index is 12.7. The van der Waals surface area contributed by atoms with Crippen LogP contribution in [-0.2, 0) is 6.54 Å². The first-order valence-corrected chi connectivity index (χ1v) is 6.58. The van der Waals surface area contributed by atoms with Crippen molar-refractivity contribution in [2.45, 2.75) is 12.7 Å². The Labute approximate surface area is 127 Å². The minimum absolute atomic E-state index is 0.106. The summed E-state index contributed by atoms with van der Waals surface area (Å²) in [6, 6.07) is 7.58. The summed E-state index contributed by atoms with van der Waals surface area (Å²) in [5.41, 5.74) is -0.715. The third-order valence-corrected chi connectivity index (χ3v) is 3.28. The smallest absolute Gasteiger partial charge is 0.406 e. The normalized spacial score (nSPS) is 11.8. The fourth-order valence-corrected chi connectivity index (χ4v) is 2.32. The van der Waals surface area contributed by atoms with Gasteiger partial charge in [0.05, 0.1) is 18.9 Å². The number of alkyl halides is 3. The molecule has 0 unspecified atom stereocenters. The van der Waals surface area contributed by atoms with Crippen LogP contribution in [0.2, 0.25) is 0 Å². The van der Waals surface area contributed by atoms with Crippen molar-refractivity contribution in [1.82, 2.24) is 9.55 Å². The highest BCUT2D eigenvalue weighted by atomic mass is 19.4. The highest BCUT2D eigenvalue weighted by molar-refractivity contribution is 5.92. The number of furan rings is 1. The average Bonchev–Trinajstić information content (AvgIpc) is 3.02. The number of benzene rings is 1. The predicted molar refractivity (Wildman–Crippen MR) is 76.3 cm³/mol. The van der Waals surface area contributed by atoms with Gasteiger partial charge in [0.2, 0.25) is 0 Å². The summed E-state index contributed by atoms with van der Waals surface area (Å²) in [7, 11) is 1.44. The third kappa shape index (κ3) is 2.92. The van der Waals surface area contributed by atoms with Crippen molar-refractivity contribution in [3.63, 3.8) is 0 Å². The number of nitrogens with zero attached hydrogens (tertiary/aromatic N) is 2. The molecule has 0 spiro atoms. The quantitative estimate of drug-likeness (QED) is 0.742. The molecular weight excluding hydrogens is 313 g/mol. The van der Waals surface area contributed by atoms with Crippen LogP contribution in [0.3, 0.4) is 0 Å². The summed E-state index contributed by atoms with van der Waals surface area (Å²) < 4.78 is 49.1. The average molecular weight is 324 g/mol. The van der Waals surface area contributed by atoms with Crippen molar-refractivity contribution in [3.8, 4) is 17.2 Å². The number of hydrogen-bond acceptors (Lipinski definition) is 4. The zero-order valence-electron chi connectivity index (χ0n) is 11.9. The summed E-state index contributed by atoms with van der Waals surface area (Å²) in [5.74, 6) is 0.726. The van der Waals surface area contributed by atoms with Crippen LogP contribution in [0, 0.1) is 0 Å². The van der Waals surface area contributed by atoms with Crippen LogP contribution in [-0.4, -0.2) is 22.8 Å². The predicted octanol–water partition coefficient (Wildman–Crippen LogP) is 3.23. The van der Waals surface area contributed by atoms with E-state index in [0.717, 1.165) is 0 Å². The van der Waals surface area contributed by atoms with Crippen LogP contribution in [0.15, 0.2) is 45.8 Å². The lowest BCUT2D eigenvalue weighted by atomic mass is 10.1. The molecule has 2 aromatic heterocycles. The highest BCUT2D eigenvalue weighted by Gasteiger charge is 2.30. The third-order valence-electron chi connectivity index (χ3n) is 3.28. The molecule has 3 aromatic rings. The molecule has 0 bridgehead atoms. The fourth-order valence-electron chi connectivity index (χ4n) is 2.32. The topological polar surface area (TPSA) is 57.3 Å². The minimum Gasteiger partial charge on any atom is -0.497 e. The fraction of sp³-hybridized carbons (Fsp3) is 0.200. The van der Waals surface area contributed by atoms with Crippen LogP contribution in [0.5, 0.6) is 5.75 Å². The molecule has 120 valence electrons. The van der Waals surface area contributed by atoms with Gasteiger partial charge in [-0.1, -0.05) is 0 Å². The molecule has 3 rings (SSSR count). The Morgan fingerprint density at radius 2 is 2.09 bits per heavy atom. The van der Waals surface area contributed by atoms with E-state index in [0.29, 0.717) is 21.5 Å². The first kappa shape index (κ1) is 15.1. The maximum Gasteiger partial charge on any atom is 0.406 e. The molecule has 5 nitrogen and oxygen atoms in total. The molecule has 0 aliphatic carbocycles. The van der Waals surface area contributed by atoms with E-state index in [1.165, 1.54) is 31.6 Å². The molecule has 0 saturated heterocycles. The number of methoxy groups -OCH3 is 1. The van der Waals surface area contributed by atoms with Gasteiger partial charge in [0.1, 0.15) is 18.0 Å². The summed E-state index contributed by atoms with van der Waals surface area (Å²) in [6.45, 7) is -1.42. The first-order valence-electron chi connectivity index (χ1n) is 6.58. The Bertz CT molecular complexity index is 899. The second-order valence-electron chi connectivity index (χ2n) is 4.80. The van der Waals surface area contributed by atoms with Crippen molar-refractivity contribution >= 4 is 10.9 Å². The molecular formula is C15H11F3N2O3. The molecule has 0 N–H and O–H groups in total. The van der Waals surface area contributed by atoms with Gasteiger partial charge in [-0.05, 0) is 30.3 Å². The maximum atomic E-state index is 12.7. The van der Waals surface area contributed by atoms with E-state index in [1.54, 1.807) is 12.1 Å². The van der Waals surface area contributed by atoms with Gasteiger partial charge < -0.3 is 9.15 Å². The lowest BCUT2D eigenvalue weighted by Crippen LogP contribution is -2.30. The molecule has 0 radical (unpaired) electrons. The lowest BCUT2D eigenvalue weighted by molar-refractivity contribution is -0.140. The molecule has 0 aliphatic heterocycles. The Kier molecular flexibility index (Phi) is 3.59. The Balaban J connectivity index is 2.34. The van der Waals surface area contributed by atoms with Gasteiger partial charge in [-0.25, -0.2) is 4.79 Å². The Hall–Kier alpha value is -2.77. The second kappa shape index (κ2) is 5.45. The SMILES string of the molecule is COc1ccc2c(c1)c(-c1ccco1)nc(=O)n2CC(F)(F)F. The van der Waals surface area contributed by atoms with Crippen LogP contribution < -0.4 is 10.4 Å². The van der Waals surface area contributed by atoms with E-state index in [9.17, 15) is 18.0 Å². The van der Waals surface area contributed by atoms with Gasteiger partial charge in [-0.15, -0.1) is 0 Å². The number of rotatable bonds is 3. The van der Waals surface area contributed by atoms with E-state index in [1.807, 2.05) is 0 Å². The molecule has 2 heterocycles. The van der Waals surface area contributed by atoms with Crippen molar-refractivity contribution in [2.75, 3.05) is 7.11 Å². The number of ether oxygens (including phenoxy) is 1. The summed E-state index contributed by atoms with van der Waals surface area (Å²) in [5, 5.41) is 0.336. The second-order valence-corrected chi connectivity index (χ2v) is 4.80. The number of fused-ring (bicyclic) bond motifs is 1. The highest BCUT2D eigenvalue weighted by Crippen LogP contribution is 2.30. The molecule has 0 saturated carbocycles. The van der Waals surface area contributed by atoms with Crippen molar-refractivity contribution in [3.05, 3.63) is 47.1 Å². The van der Waals surface area contributed by atoms with Crippen LogP contribution in [0.4, 0.5) is 13.2 Å². The monoisotopic (exact) mass is 324 g/mol. The van der Waals surface area contributed by atoms with Gasteiger partial charge in [-0.2, -0.15) is 18.2 Å².